The average molecular weight is 227 g/mol. The van der Waals surface area contributed by atoms with Gasteiger partial charge in [-0.05, 0) is 32.1 Å². The summed E-state index contributed by atoms with van der Waals surface area (Å²) in [5, 5.41) is 2.71. The average Bonchev–Trinajstić information content (AvgIpc) is 2.10. The molecule has 16 heavy (non-hydrogen) atoms. The van der Waals surface area contributed by atoms with Crippen LogP contribution in [0, 0.1) is 5.92 Å². The molecule has 1 saturated carbocycles. The second-order valence-electron chi connectivity index (χ2n) is 4.76. The predicted octanol–water partition coefficient (Wildman–Crippen LogP) is 1.29. The van der Waals surface area contributed by atoms with Crippen LogP contribution in [0.3, 0.4) is 0 Å². The quantitative estimate of drug-likeness (QED) is 0.743. The van der Waals surface area contributed by atoms with Crippen molar-refractivity contribution < 1.29 is 14.3 Å². The van der Waals surface area contributed by atoms with Crippen LogP contribution in [-0.2, 0) is 14.3 Å². The van der Waals surface area contributed by atoms with E-state index in [9.17, 15) is 9.59 Å². The molecule has 1 rings (SSSR count). The number of carbonyl (C=O) groups excluding carboxylic acids is 2. The Morgan fingerprint density at radius 3 is 2.38 bits per heavy atom. The fourth-order valence-corrected chi connectivity index (χ4v) is 1.68. The molecule has 0 bridgehead atoms. The van der Waals surface area contributed by atoms with E-state index >= 15 is 0 Å². The van der Waals surface area contributed by atoms with Gasteiger partial charge in [0.15, 0.2) is 5.78 Å². The first kappa shape index (κ1) is 13.2. The van der Waals surface area contributed by atoms with Gasteiger partial charge in [0.05, 0.1) is 12.1 Å². The van der Waals surface area contributed by atoms with Crippen molar-refractivity contribution in [2.75, 3.05) is 6.61 Å². The van der Waals surface area contributed by atoms with E-state index in [-0.39, 0.29) is 30.3 Å². The Labute approximate surface area is 96.7 Å². The van der Waals surface area contributed by atoms with Crippen molar-refractivity contribution in [3.63, 3.8) is 0 Å². The predicted molar refractivity (Wildman–Crippen MR) is 61.0 cm³/mol. The van der Waals surface area contributed by atoms with E-state index in [2.05, 4.69) is 5.32 Å². The molecule has 0 heterocycles. The number of hydrogen-bond acceptors (Lipinski definition) is 3. The normalized spacial score (nSPS) is 18.0. The third kappa shape index (κ3) is 3.93. The monoisotopic (exact) mass is 227 g/mol. The van der Waals surface area contributed by atoms with E-state index in [0.29, 0.717) is 0 Å². The minimum absolute atomic E-state index is 0.00741. The van der Waals surface area contributed by atoms with Crippen LogP contribution in [0.5, 0.6) is 0 Å². The topological polar surface area (TPSA) is 55.4 Å². The number of ether oxygens (including phenoxy) is 1. The molecule has 1 N–H and O–H groups in total. The maximum absolute atomic E-state index is 11.5. The lowest BCUT2D eigenvalue weighted by Gasteiger charge is -2.26. The number of ketones is 1. The molecular weight excluding hydrogens is 206 g/mol. The molecular formula is C12H21NO3. The third-order valence-electron chi connectivity index (χ3n) is 2.92. The van der Waals surface area contributed by atoms with Gasteiger partial charge in [-0.1, -0.05) is 13.8 Å². The van der Waals surface area contributed by atoms with Crippen molar-refractivity contribution in [3.05, 3.63) is 0 Å². The van der Waals surface area contributed by atoms with E-state index in [1.807, 2.05) is 13.8 Å². The third-order valence-corrected chi connectivity index (χ3v) is 2.92. The summed E-state index contributed by atoms with van der Waals surface area (Å²) in [7, 11) is 0. The van der Waals surface area contributed by atoms with Crippen molar-refractivity contribution >= 4 is 11.7 Å². The van der Waals surface area contributed by atoms with Crippen molar-refractivity contribution in [2.24, 2.45) is 5.92 Å². The Balaban J connectivity index is 2.27. The van der Waals surface area contributed by atoms with E-state index in [0.717, 1.165) is 12.8 Å². The molecule has 0 spiro atoms. The van der Waals surface area contributed by atoms with Gasteiger partial charge < -0.3 is 10.1 Å². The van der Waals surface area contributed by atoms with Crippen LogP contribution in [0.4, 0.5) is 0 Å². The molecule has 1 atom stereocenters. The van der Waals surface area contributed by atoms with Crippen LogP contribution in [-0.4, -0.2) is 30.4 Å². The van der Waals surface area contributed by atoms with Crippen molar-refractivity contribution in [1.29, 1.82) is 0 Å². The molecule has 0 aliphatic heterocycles. The van der Waals surface area contributed by atoms with Gasteiger partial charge in [0.1, 0.15) is 6.61 Å². The Bertz CT molecular complexity index is 259. The minimum atomic E-state index is -0.391. The zero-order chi connectivity index (χ0) is 12.1. The van der Waals surface area contributed by atoms with Gasteiger partial charge in [-0.2, -0.15) is 0 Å². The van der Waals surface area contributed by atoms with E-state index in [1.54, 1.807) is 0 Å². The largest absolute Gasteiger partial charge is 0.368 e. The number of nitrogens with one attached hydrogen (secondary N) is 1. The summed E-state index contributed by atoms with van der Waals surface area (Å²) in [6.07, 6.45) is 3.54. The number of carbonyl (C=O) groups is 2. The molecule has 0 saturated heterocycles. The summed E-state index contributed by atoms with van der Waals surface area (Å²) in [4.78, 5) is 22.8. The van der Waals surface area contributed by atoms with Gasteiger partial charge in [0.25, 0.3) is 0 Å². The Kier molecular flexibility index (Phi) is 4.93. The molecule has 0 aromatic carbocycles. The summed E-state index contributed by atoms with van der Waals surface area (Å²) in [6.45, 7) is 5.40. The summed E-state index contributed by atoms with van der Waals surface area (Å²) < 4.78 is 5.38. The first-order valence-corrected chi connectivity index (χ1v) is 5.92. The van der Waals surface area contributed by atoms with Crippen LogP contribution in [0.25, 0.3) is 0 Å². The van der Waals surface area contributed by atoms with Gasteiger partial charge in [0, 0.05) is 0 Å². The first-order valence-electron chi connectivity index (χ1n) is 5.92. The minimum Gasteiger partial charge on any atom is -0.368 e. The Morgan fingerprint density at radius 2 is 2.00 bits per heavy atom. The summed E-state index contributed by atoms with van der Waals surface area (Å²) >= 11 is 0. The molecule has 4 heteroatoms. The zero-order valence-electron chi connectivity index (χ0n) is 10.3. The van der Waals surface area contributed by atoms with Gasteiger partial charge in [-0.25, -0.2) is 0 Å². The SMILES string of the molecule is CC(=O)C(NC(=O)COC1CCC1)C(C)C. The number of amides is 1. The number of rotatable bonds is 6. The van der Waals surface area contributed by atoms with Crippen molar-refractivity contribution in [1.82, 2.24) is 5.32 Å². The zero-order valence-corrected chi connectivity index (χ0v) is 10.3. The van der Waals surface area contributed by atoms with E-state index in [1.165, 1.54) is 13.3 Å². The lowest BCUT2D eigenvalue weighted by Crippen LogP contribution is -2.45. The maximum atomic E-state index is 11.5. The maximum Gasteiger partial charge on any atom is 0.246 e. The molecule has 1 amide bonds. The van der Waals surface area contributed by atoms with Gasteiger partial charge in [-0.3, -0.25) is 9.59 Å². The second kappa shape index (κ2) is 5.99. The van der Waals surface area contributed by atoms with Crippen LogP contribution < -0.4 is 5.32 Å². The summed E-state index contributed by atoms with van der Waals surface area (Å²) in [5.74, 6) is -0.0852. The van der Waals surface area contributed by atoms with Crippen molar-refractivity contribution in [3.8, 4) is 0 Å². The molecule has 0 aromatic heterocycles. The van der Waals surface area contributed by atoms with Gasteiger partial charge in [-0.15, -0.1) is 0 Å². The highest BCUT2D eigenvalue weighted by Crippen LogP contribution is 2.21. The highest BCUT2D eigenvalue weighted by atomic mass is 16.5. The molecule has 1 aliphatic rings. The van der Waals surface area contributed by atoms with Gasteiger partial charge in [0.2, 0.25) is 5.91 Å². The van der Waals surface area contributed by atoms with Gasteiger partial charge >= 0.3 is 0 Å². The lowest BCUT2D eigenvalue weighted by atomic mass is 9.96. The summed E-state index contributed by atoms with van der Waals surface area (Å²) in [6, 6.07) is -0.391. The molecule has 1 fully saturated rings. The fourth-order valence-electron chi connectivity index (χ4n) is 1.68. The molecule has 1 aliphatic carbocycles. The number of hydrogen-bond donors (Lipinski definition) is 1. The standard InChI is InChI=1S/C12H21NO3/c1-8(2)12(9(3)14)13-11(15)7-16-10-5-4-6-10/h8,10,12H,4-7H2,1-3H3,(H,13,15). The van der Waals surface area contributed by atoms with Crippen LogP contribution in [0.15, 0.2) is 0 Å². The molecule has 4 nitrogen and oxygen atoms in total. The highest BCUT2D eigenvalue weighted by Gasteiger charge is 2.22. The van der Waals surface area contributed by atoms with E-state index in [4.69, 9.17) is 4.74 Å². The first-order chi connectivity index (χ1) is 7.50. The molecule has 92 valence electrons. The molecule has 1 unspecified atom stereocenters. The summed E-state index contributed by atoms with van der Waals surface area (Å²) in [5.41, 5.74) is 0. The number of Topliss-reactive ketones (excluding diaryl/α,β-unsaturated/α-hetero) is 1. The fraction of sp³-hybridized carbons (Fsp3) is 0.833. The molecule has 0 radical (unpaired) electrons. The van der Waals surface area contributed by atoms with Crippen LogP contribution >= 0.6 is 0 Å². The highest BCUT2D eigenvalue weighted by molar-refractivity contribution is 5.88. The molecule has 0 aromatic rings. The lowest BCUT2D eigenvalue weighted by molar-refractivity contribution is -0.133. The Hall–Kier alpha value is -0.900. The van der Waals surface area contributed by atoms with E-state index < -0.39 is 6.04 Å². The van der Waals surface area contributed by atoms with Crippen molar-refractivity contribution in [2.45, 2.75) is 52.2 Å². The Morgan fingerprint density at radius 1 is 1.38 bits per heavy atom. The second-order valence-corrected chi connectivity index (χ2v) is 4.76. The van der Waals surface area contributed by atoms with Crippen LogP contribution in [0.2, 0.25) is 0 Å². The van der Waals surface area contributed by atoms with Crippen LogP contribution in [0.1, 0.15) is 40.0 Å². The smallest absolute Gasteiger partial charge is 0.246 e.